The van der Waals surface area contributed by atoms with Crippen molar-refractivity contribution < 1.29 is 9.53 Å². The van der Waals surface area contributed by atoms with Gasteiger partial charge in [-0.05, 0) is 62.6 Å². The lowest BCUT2D eigenvalue weighted by molar-refractivity contribution is 0.0669. The van der Waals surface area contributed by atoms with Crippen molar-refractivity contribution in [1.82, 2.24) is 29.2 Å². The van der Waals surface area contributed by atoms with Crippen molar-refractivity contribution in [1.29, 1.82) is 0 Å². The zero-order valence-electron chi connectivity index (χ0n) is 21.5. The Labute approximate surface area is 216 Å². The molecule has 0 N–H and O–H groups in total. The maximum atomic E-state index is 14.0. The normalized spacial score (nSPS) is 13.8. The summed E-state index contributed by atoms with van der Waals surface area (Å²) in [4.78, 5) is 28.2. The number of ether oxygens (including phenoxy) is 1. The number of carbonyl (C=O) groups excluding carboxylic acids is 1. The van der Waals surface area contributed by atoms with E-state index in [-0.39, 0.29) is 11.9 Å². The van der Waals surface area contributed by atoms with Gasteiger partial charge in [-0.15, -0.1) is 0 Å². The molecule has 9 heteroatoms. The fourth-order valence-electron chi connectivity index (χ4n) is 4.96. The molecule has 1 atom stereocenters. The molecule has 5 rings (SSSR count). The van der Waals surface area contributed by atoms with Crippen LogP contribution in [0.25, 0.3) is 16.1 Å². The number of hydrogen-bond acceptors (Lipinski definition) is 5. The Morgan fingerprint density at radius 1 is 1.19 bits per heavy atom. The van der Waals surface area contributed by atoms with E-state index in [0.717, 1.165) is 34.6 Å². The fraction of sp³-hybridized carbons (Fsp3) is 0.321. The summed E-state index contributed by atoms with van der Waals surface area (Å²) in [6, 6.07) is 7.67. The van der Waals surface area contributed by atoms with Crippen molar-refractivity contribution in [3.05, 3.63) is 88.7 Å². The number of fused-ring (bicyclic) bond motifs is 1. The van der Waals surface area contributed by atoms with Gasteiger partial charge in [-0.1, -0.05) is 0 Å². The molecule has 1 aliphatic rings. The highest BCUT2D eigenvalue weighted by Crippen LogP contribution is 2.36. The number of pyridine rings is 1. The largest absolute Gasteiger partial charge is 0.505 e. The lowest BCUT2D eigenvalue weighted by atomic mass is 9.89. The highest BCUT2D eigenvalue weighted by Gasteiger charge is 2.32. The number of benzene rings is 1. The van der Waals surface area contributed by atoms with Gasteiger partial charge in [0.15, 0.2) is 0 Å². The number of carbonyl (C=O) groups is 1. The van der Waals surface area contributed by atoms with Gasteiger partial charge in [-0.25, -0.2) is 9.83 Å². The molecule has 3 aromatic heterocycles. The van der Waals surface area contributed by atoms with Gasteiger partial charge in [0.1, 0.15) is 11.6 Å². The highest BCUT2D eigenvalue weighted by molar-refractivity contribution is 5.99. The molecule has 0 radical (unpaired) electrons. The maximum absolute atomic E-state index is 14.0. The van der Waals surface area contributed by atoms with Crippen LogP contribution in [0.5, 0.6) is 5.75 Å². The Bertz CT molecular complexity index is 1510. The second-order valence-electron chi connectivity index (χ2n) is 9.16. The van der Waals surface area contributed by atoms with Crippen LogP contribution in [0.4, 0.5) is 5.69 Å². The van der Waals surface area contributed by atoms with E-state index in [4.69, 9.17) is 11.3 Å². The lowest BCUT2D eigenvalue weighted by Gasteiger charge is -2.34. The molecular formula is C28H29N7O2. The molecule has 0 spiro atoms. The van der Waals surface area contributed by atoms with Gasteiger partial charge in [-0.2, -0.15) is 5.10 Å². The number of amides is 1. The highest BCUT2D eigenvalue weighted by atomic mass is 16.5. The van der Waals surface area contributed by atoms with E-state index in [1.54, 1.807) is 18.5 Å². The molecule has 188 valence electrons. The fourth-order valence-corrected chi connectivity index (χ4v) is 4.96. The van der Waals surface area contributed by atoms with Crippen LogP contribution in [0.2, 0.25) is 0 Å². The number of aromatic nitrogens is 5. The maximum Gasteiger partial charge on any atom is 0.254 e. The average molecular weight is 496 g/mol. The molecule has 0 saturated carbocycles. The second-order valence-corrected chi connectivity index (χ2v) is 9.16. The minimum Gasteiger partial charge on any atom is -0.505 e. The van der Waals surface area contributed by atoms with E-state index >= 15 is 0 Å². The number of aryl methyl sites for hydroxylation is 2. The van der Waals surface area contributed by atoms with Crippen molar-refractivity contribution in [2.24, 2.45) is 7.05 Å². The van der Waals surface area contributed by atoms with Crippen LogP contribution in [0.15, 0.2) is 49.1 Å². The Kier molecular flexibility index (Phi) is 6.49. The number of imidazole rings is 1. The van der Waals surface area contributed by atoms with Crippen LogP contribution in [0, 0.1) is 13.5 Å². The molecule has 9 nitrogen and oxygen atoms in total. The van der Waals surface area contributed by atoms with Gasteiger partial charge in [0.25, 0.3) is 5.91 Å². The van der Waals surface area contributed by atoms with Gasteiger partial charge in [0.05, 0.1) is 30.6 Å². The molecule has 0 unspecified atom stereocenters. The summed E-state index contributed by atoms with van der Waals surface area (Å²) in [6.45, 7) is 14.8. The van der Waals surface area contributed by atoms with E-state index in [2.05, 4.69) is 30.5 Å². The molecule has 4 aromatic rings. The predicted molar refractivity (Wildman–Crippen MR) is 140 cm³/mol. The van der Waals surface area contributed by atoms with E-state index in [9.17, 15) is 4.79 Å². The SMILES string of the molecule is [C-]#[N+]c1cnc([C@H](C)N2CCc3c(cc(Cn4ccnc4C)cc3-c3ccnn3C)C2=O)cc1OCC. The van der Waals surface area contributed by atoms with Gasteiger partial charge in [0, 0.05) is 56.1 Å². The molecular weight excluding hydrogens is 466 g/mol. The molecule has 4 heterocycles. The number of nitrogens with zero attached hydrogens (tertiary/aromatic N) is 7. The summed E-state index contributed by atoms with van der Waals surface area (Å²) < 4.78 is 9.58. The Hall–Kier alpha value is -4.45. The van der Waals surface area contributed by atoms with Gasteiger partial charge < -0.3 is 14.2 Å². The summed E-state index contributed by atoms with van der Waals surface area (Å²) in [7, 11) is 1.92. The van der Waals surface area contributed by atoms with Crippen LogP contribution in [0.1, 0.15) is 52.9 Å². The summed E-state index contributed by atoms with van der Waals surface area (Å²) in [5.41, 5.74) is 5.84. The summed E-state index contributed by atoms with van der Waals surface area (Å²) >= 11 is 0. The van der Waals surface area contributed by atoms with E-state index < -0.39 is 0 Å². The van der Waals surface area contributed by atoms with Crippen LogP contribution >= 0.6 is 0 Å². The zero-order chi connectivity index (χ0) is 26.1. The van der Waals surface area contributed by atoms with Crippen molar-refractivity contribution >= 4 is 11.6 Å². The van der Waals surface area contributed by atoms with Crippen LogP contribution < -0.4 is 4.74 Å². The van der Waals surface area contributed by atoms with E-state index in [1.165, 1.54) is 6.20 Å². The minimum atomic E-state index is -0.278. The first-order valence-electron chi connectivity index (χ1n) is 12.3. The van der Waals surface area contributed by atoms with Crippen molar-refractivity contribution in [2.75, 3.05) is 13.2 Å². The van der Waals surface area contributed by atoms with Crippen LogP contribution in [-0.2, 0) is 20.0 Å². The standard InChI is InChI=1S/C28H29N7O2/c1-6-37-27-15-24(31-16-25(27)29-4)18(2)35-11-8-21-22(26-7-9-32-33(26)5)13-20(14-23(21)28(35)36)17-34-12-10-30-19(34)3/h7,9-10,12-16,18H,6,8,11,17H2,1-3,5H3/t18-/m0/s1. The molecule has 1 amide bonds. The molecule has 0 fully saturated rings. The van der Waals surface area contributed by atoms with E-state index in [0.29, 0.717) is 42.4 Å². The summed E-state index contributed by atoms with van der Waals surface area (Å²) in [5, 5.41) is 4.37. The topological polar surface area (TPSA) is 82.4 Å². The van der Waals surface area contributed by atoms with Crippen LogP contribution in [0.3, 0.4) is 0 Å². The average Bonchev–Trinajstić information content (AvgIpc) is 3.51. The Balaban J connectivity index is 1.54. The van der Waals surface area contributed by atoms with Gasteiger partial charge >= 0.3 is 0 Å². The van der Waals surface area contributed by atoms with Crippen molar-refractivity contribution in [3.63, 3.8) is 0 Å². The van der Waals surface area contributed by atoms with Crippen LogP contribution in [-0.4, -0.2) is 48.3 Å². The zero-order valence-corrected chi connectivity index (χ0v) is 21.5. The monoisotopic (exact) mass is 495 g/mol. The first kappa shape index (κ1) is 24.3. The summed E-state index contributed by atoms with van der Waals surface area (Å²) in [6.07, 6.45) is 7.76. The minimum absolute atomic E-state index is 0.0320. The smallest absolute Gasteiger partial charge is 0.254 e. The predicted octanol–water partition coefficient (Wildman–Crippen LogP) is 4.74. The first-order valence-corrected chi connectivity index (χ1v) is 12.3. The van der Waals surface area contributed by atoms with Crippen molar-refractivity contribution in [2.45, 2.75) is 39.8 Å². The molecule has 1 aliphatic heterocycles. The lowest BCUT2D eigenvalue weighted by Crippen LogP contribution is -2.40. The van der Waals surface area contributed by atoms with Gasteiger partial charge in [-0.3, -0.25) is 14.5 Å². The molecule has 0 saturated heterocycles. The van der Waals surface area contributed by atoms with Crippen molar-refractivity contribution in [3.8, 4) is 17.0 Å². The Morgan fingerprint density at radius 2 is 2.00 bits per heavy atom. The van der Waals surface area contributed by atoms with Gasteiger partial charge in [0.2, 0.25) is 5.69 Å². The third-order valence-electron chi connectivity index (χ3n) is 6.96. The molecule has 1 aromatic carbocycles. The first-order chi connectivity index (χ1) is 17.9. The molecule has 0 aliphatic carbocycles. The number of hydrogen-bond donors (Lipinski definition) is 0. The number of rotatable bonds is 7. The third kappa shape index (κ3) is 4.47. The second kappa shape index (κ2) is 9.90. The molecule has 37 heavy (non-hydrogen) atoms. The summed E-state index contributed by atoms with van der Waals surface area (Å²) in [5.74, 6) is 1.38. The van der Waals surface area contributed by atoms with E-state index in [1.807, 2.05) is 55.7 Å². The molecule has 0 bridgehead atoms. The third-order valence-corrected chi connectivity index (χ3v) is 6.96. The quantitative estimate of drug-likeness (QED) is 0.346. The Morgan fingerprint density at radius 3 is 2.68 bits per heavy atom.